The van der Waals surface area contributed by atoms with Gasteiger partial charge in [0.15, 0.2) is 0 Å². The molecule has 116 valence electrons. The third-order valence-electron chi connectivity index (χ3n) is 3.40. The predicted octanol–water partition coefficient (Wildman–Crippen LogP) is 4.40. The van der Waals surface area contributed by atoms with Crippen molar-refractivity contribution in [2.75, 3.05) is 13.2 Å². The van der Waals surface area contributed by atoms with Gasteiger partial charge >= 0.3 is 0 Å². The SMILES string of the molecule is CCOc1ccc(C(=O)N(CC)Cc2ccccc2Cl)cc1. The highest BCUT2D eigenvalue weighted by molar-refractivity contribution is 6.31. The van der Waals surface area contributed by atoms with Crippen LogP contribution < -0.4 is 4.74 Å². The van der Waals surface area contributed by atoms with Crippen LogP contribution in [-0.2, 0) is 6.54 Å². The van der Waals surface area contributed by atoms with Crippen LogP contribution in [0.2, 0.25) is 5.02 Å². The molecule has 0 aromatic heterocycles. The number of hydrogen-bond donors (Lipinski definition) is 0. The maximum Gasteiger partial charge on any atom is 0.254 e. The predicted molar refractivity (Wildman–Crippen MR) is 89.5 cm³/mol. The van der Waals surface area contributed by atoms with Crippen molar-refractivity contribution in [3.05, 3.63) is 64.7 Å². The molecule has 0 aliphatic rings. The Kier molecular flexibility index (Phi) is 5.84. The summed E-state index contributed by atoms with van der Waals surface area (Å²) in [6.45, 7) is 5.63. The van der Waals surface area contributed by atoms with E-state index in [9.17, 15) is 4.79 Å². The molecule has 0 N–H and O–H groups in total. The van der Waals surface area contributed by atoms with E-state index in [1.165, 1.54) is 0 Å². The van der Waals surface area contributed by atoms with Crippen molar-refractivity contribution in [1.82, 2.24) is 4.90 Å². The molecule has 2 aromatic carbocycles. The largest absolute Gasteiger partial charge is 0.494 e. The van der Waals surface area contributed by atoms with Gasteiger partial charge in [-0.15, -0.1) is 0 Å². The lowest BCUT2D eigenvalue weighted by molar-refractivity contribution is 0.0752. The van der Waals surface area contributed by atoms with Crippen LogP contribution >= 0.6 is 11.6 Å². The molecule has 0 heterocycles. The molecule has 22 heavy (non-hydrogen) atoms. The van der Waals surface area contributed by atoms with E-state index in [4.69, 9.17) is 16.3 Å². The first-order valence-electron chi connectivity index (χ1n) is 7.41. The molecule has 0 aliphatic heterocycles. The fourth-order valence-electron chi connectivity index (χ4n) is 2.20. The summed E-state index contributed by atoms with van der Waals surface area (Å²) in [5, 5.41) is 0.681. The van der Waals surface area contributed by atoms with Gasteiger partial charge in [-0.3, -0.25) is 4.79 Å². The van der Waals surface area contributed by atoms with Crippen molar-refractivity contribution < 1.29 is 9.53 Å². The first-order chi connectivity index (χ1) is 10.7. The maximum atomic E-state index is 12.6. The van der Waals surface area contributed by atoms with Gasteiger partial charge in [-0.25, -0.2) is 0 Å². The zero-order valence-electron chi connectivity index (χ0n) is 12.9. The molecule has 0 bridgehead atoms. The Morgan fingerprint density at radius 2 is 1.77 bits per heavy atom. The minimum Gasteiger partial charge on any atom is -0.494 e. The monoisotopic (exact) mass is 317 g/mol. The summed E-state index contributed by atoms with van der Waals surface area (Å²) in [7, 11) is 0. The van der Waals surface area contributed by atoms with Gasteiger partial charge < -0.3 is 9.64 Å². The maximum absolute atomic E-state index is 12.6. The number of hydrogen-bond acceptors (Lipinski definition) is 2. The normalized spacial score (nSPS) is 10.3. The molecule has 0 spiro atoms. The third kappa shape index (κ3) is 4.01. The highest BCUT2D eigenvalue weighted by Crippen LogP contribution is 2.19. The summed E-state index contributed by atoms with van der Waals surface area (Å²) < 4.78 is 5.40. The Balaban J connectivity index is 2.13. The van der Waals surface area contributed by atoms with E-state index in [1.54, 1.807) is 17.0 Å². The Labute approximate surface area is 136 Å². The molecule has 2 rings (SSSR count). The Hall–Kier alpha value is -2.00. The molecule has 3 nitrogen and oxygen atoms in total. The number of carbonyl (C=O) groups excluding carboxylic acids is 1. The van der Waals surface area contributed by atoms with Crippen molar-refractivity contribution in [2.45, 2.75) is 20.4 Å². The van der Waals surface area contributed by atoms with Crippen molar-refractivity contribution in [1.29, 1.82) is 0 Å². The molecule has 0 aliphatic carbocycles. The Morgan fingerprint density at radius 3 is 2.36 bits per heavy atom. The molecular formula is C18H20ClNO2. The summed E-state index contributed by atoms with van der Waals surface area (Å²) in [5.41, 5.74) is 1.60. The van der Waals surface area contributed by atoms with Crippen LogP contribution in [0.1, 0.15) is 29.8 Å². The van der Waals surface area contributed by atoms with Crippen LogP contribution in [-0.4, -0.2) is 24.0 Å². The number of amides is 1. The molecule has 0 saturated carbocycles. The average Bonchev–Trinajstić information content (AvgIpc) is 2.54. The summed E-state index contributed by atoms with van der Waals surface area (Å²) in [5.74, 6) is 0.763. The average molecular weight is 318 g/mol. The highest BCUT2D eigenvalue weighted by atomic mass is 35.5. The number of ether oxygens (including phenoxy) is 1. The van der Waals surface area contributed by atoms with Gasteiger partial charge in [0.25, 0.3) is 5.91 Å². The standard InChI is InChI=1S/C18H20ClNO2/c1-3-20(13-15-7-5-6-8-17(15)19)18(21)14-9-11-16(12-10-14)22-4-2/h5-12H,3-4,13H2,1-2H3. The third-order valence-corrected chi connectivity index (χ3v) is 3.77. The van der Waals surface area contributed by atoms with Gasteiger partial charge in [0.2, 0.25) is 0 Å². The fourth-order valence-corrected chi connectivity index (χ4v) is 2.40. The molecule has 2 aromatic rings. The summed E-state index contributed by atoms with van der Waals surface area (Å²) in [4.78, 5) is 14.4. The Bertz CT molecular complexity index is 625. The summed E-state index contributed by atoms with van der Waals surface area (Å²) in [6.07, 6.45) is 0. The lowest BCUT2D eigenvalue weighted by Gasteiger charge is -2.21. The second kappa shape index (κ2) is 7.85. The van der Waals surface area contributed by atoms with E-state index >= 15 is 0 Å². The van der Waals surface area contributed by atoms with E-state index in [2.05, 4.69) is 0 Å². The first kappa shape index (κ1) is 16.4. The van der Waals surface area contributed by atoms with E-state index in [0.29, 0.717) is 30.3 Å². The van der Waals surface area contributed by atoms with Crippen LogP contribution in [0.25, 0.3) is 0 Å². The van der Waals surface area contributed by atoms with Crippen molar-refractivity contribution in [3.8, 4) is 5.75 Å². The van der Waals surface area contributed by atoms with E-state index in [1.807, 2.05) is 50.2 Å². The number of carbonyl (C=O) groups is 1. The molecule has 4 heteroatoms. The van der Waals surface area contributed by atoms with Gasteiger partial charge in [-0.05, 0) is 49.7 Å². The quantitative estimate of drug-likeness (QED) is 0.790. The zero-order chi connectivity index (χ0) is 15.9. The van der Waals surface area contributed by atoms with Gasteiger partial charge in [-0.2, -0.15) is 0 Å². The van der Waals surface area contributed by atoms with Crippen LogP contribution in [0.3, 0.4) is 0 Å². The van der Waals surface area contributed by atoms with Crippen LogP contribution in [0.5, 0.6) is 5.75 Å². The number of nitrogens with zero attached hydrogens (tertiary/aromatic N) is 1. The zero-order valence-corrected chi connectivity index (χ0v) is 13.6. The summed E-state index contributed by atoms with van der Waals surface area (Å²) >= 11 is 6.18. The summed E-state index contributed by atoms with van der Waals surface area (Å²) in [6, 6.07) is 14.8. The van der Waals surface area contributed by atoms with Gasteiger partial charge in [0, 0.05) is 23.7 Å². The van der Waals surface area contributed by atoms with Crippen LogP contribution in [0, 0.1) is 0 Å². The second-order valence-electron chi connectivity index (χ2n) is 4.87. The number of rotatable bonds is 6. The van der Waals surface area contributed by atoms with Crippen molar-refractivity contribution in [2.24, 2.45) is 0 Å². The molecule has 0 unspecified atom stereocenters. The molecule has 1 amide bonds. The van der Waals surface area contributed by atoms with E-state index < -0.39 is 0 Å². The molecule has 0 radical (unpaired) electrons. The topological polar surface area (TPSA) is 29.5 Å². The Morgan fingerprint density at radius 1 is 1.09 bits per heavy atom. The molecule has 0 fully saturated rings. The lowest BCUT2D eigenvalue weighted by Crippen LogP contribution is -2.30. The van der Waals surface area contributed by atoms with Crippen LogP contribution in [0.4, 0.5) is 0 Å². The molecular weight excluding hydrogens is 298 g/mol. The minimum absolute atomic E-state index is 0.00883. The van der Waals surface area contributed by atoms with Gasteiger partial charge in [0.05, 0.1) is 6.61 Å². The van der Waals surface area contributed by atoms with E-state index in [-0.39, 0.29) is 5.91 Å². The number of benzene rings is 2. The highest BCUT2D eigenvalue weighted by Gasteiger charge is 2.15. The number of halogens is 1. The smallest absolute Gasteiger partial charge is 0.254 e. The molecule has 0 atom stereocenters. The lowest BCUT2D eigenvalue weighted by atomic mass is 10.1. The first-order valence-corrected chi connectivity index (χ1v) is 7.79. The second-order valence-corrected chi connectivity index (χ2v) is 5.28. The van der Waals surface area contributed by atoms with Crippen LogP contribution in [0.15, 0.2) is 48.5 Å². The fraction of sp³-hybridized carbons (Fsp3) is 0.278. The molecule has 0 saturated heterocycles. The van der Waals surface area contributed by atoms with Crippen molar-refractivity contribution >= 4 is 17.5 Å². The van der Waals surface area contributed by atoms with Gasteiger partial charge in [-0.1, -0.05) is 29.8 Å². The van der Waals surface area contributed by atoms with Gasteiger partial charge in [0.1, 0.15) is 5.75 Å². The van der Waals surface area contributed by atoms with E-state index in [0.717, 1.165) is 11.3 Å². The minimum atomic E-state index is -0.00883. The van der Waals surface area contributed by atoms with Crippen molar-refractivity contribution in [3.63, 3.8) is 0 Å².